The van der Waals surface area contributed by atoms with E-state index in [1.807, 2.05) is 0 Å². The maximum Gasteiger partial charge on any atom is 0.310 e. The Hall–Kier alpha value is -1.06. The van der Waals surface area contributed by atoms with Gasteiger partial charge in [0.25, 0.3) is 0 Å². The summed E-state index contributed by atoms with van der Waals surface area (Å²) in [5.41, 5.74) is -0.875. The van der Waals surface area contributed by atoms with Gasteiger partial charge in [-0.1, -0.05) is 0 Å². The summed E-state index contributed by atoms with van der Waals surface area (Å²) in [7, 11) is 0. The van der Waals surface area contributed by atoms with Gasteiger partial charge in [-0.25, -0.2) is 0 Å². The van der Waals surface area contributed by atoms with Crippen molar-refractivity contribution in [1.82, 2.24) is 5.32 Å². The second-order valence-electron chi connectivity index (χ2n) is 5.75. The minimum absolute atomic E-state index is 0.0474. The fraction of sp³-hybridized carbons (Fsp3) is 0.833. The number of rotatable bonds is 5. The average molecular weight is 225 g/mol. The predicted molar refractivity (Wildman–Crippen MR) is 58.7 cm³/mol. The molecule has 4 heteroatoms. The van der Waals surface area contributed by atoms with Crippen molar-refractivity contribution in [3.63, 3.8) is 0 Å². The molecule has 4 nitrogen and oxygen atoms in total. The number of nitrogens with one attached hydrogen (secondary N) is 1. The summed E-state index contributed by atoms with van der Waals surface area (Å²) in [6.45, 7) is 3.47. The van der Waals surface area contributed by atoms with Crippen LogP contribution in [-0.2, 0) is 9.59 Å². The molecule has 0 aromatic carbocycles. The van der Waals surface area contributed by atoms with Crippen molar-refractivity contribution in [2.45, 2.75) is 33.1 Å². The largest absolute Gasteiger partial charge is 0.481 e. The van der Waals surface area contributed by atoms with Gasteiger partial charge in [0.2, 0.25) is 5.91 Å². The lowest BCUT2D eigenvalue weighted by molar-refractivity contribution is -0.146. The Morgan fingerprint density at radius 2 is 2.00 bits per heavy atom. The molecule has 0 bridgehead atoms. The highest BCUT2D eigenvalue weighted by molar-refractivity contribution is 5.82. The fourth-order valence-electron chi connectivity index (χ4n) is 2.08. The van der Waals surface area contributed by atoms with Crippen LogP contribution >= 0.6 is 0 Å². The molecular formula is C12H19NO3. The Kier molecular flexibility index (Phi) is 2.68. The van der Waals surface area contributed by atoms with E-state index in [-0.39, 0.29) is 18.4 Å². The van der Waals surface area contributed by atoms with Crippen LogP contribution in [0.4, 0.5) is 0 Å². The summed E-state index contributed by atoms with van der Waals surface area (Å²) in [6, 6.07) is 0. The molecule has 0 radical (unpaired) electrons. The van der Waals surface area contributed by atoms with Gasteiger partial charge in [-0.2, -0.15) is 0 Å². The molecule has 2 aliphatic rings. The van der Waals surface area contributed by atoms with Gasteiger partial charge >= 0.3 is 5.97 Å². The Bertz CT molecular complexity index is 320. The molecule has 2 unspecified atom stereocenters. The molecule has 1 amide bonds. The molecule has 2 saturated carbocycles. The molecule has 2 N–H and O–H groups in total. The van der Waals surface area contributed by atoms with Crippen molar-refractivity contribution in [2.75, 3.05) is 6.54 Å². The van der Waals surface area contributed by atoms with Crippen molar-refractivity contribution < 1.29 is 14.7 Å². The van der Waals surface area contributed by atoms with E-state index in [1.165, 1.54) is 12.8 Å². The summed E-state index contributed by atoms with van der Waals surface area (Å²) < 4.78 is 0. The first-order chi connectivity index (χ1) is 7.42. The third kappa shape index (κ3) is 2.36. The standard InChI is InChI=1S/C12H19NO3/c1-12(2,11(15)16)6-13-10(14)9-5-8(9)7-3-4-7/h7-9H,3-6H2,1-2H3,(H,13,14)(H,15,16). The van der Waals surface area contributed by atoms with Crippen LogP contribution in [0, 0.1) is 23.2 Å². The molecule has 90 valence electrons. The Morgan fingerprint density at radius 3 is 2.50 bits per heavy atom. The van der Waals surface area contributed by atoms with E-state index in [1.54, 1.807) is 13.8 Å². The van der Waals surface area contributed by atoms with Gasteiger partial charge in [0.15, 0.2) is 0 Å². The number of carbonyl (C=O) groups excluding carboxylic acids is 1. The van der Waals surface area contributed by atoms with Crippen LogP contribution in [0.25, 0.3) is 0 Å². The first kappa shape index (κ1) is 11.4. The first-order valence-corrected chi connectivity index (χ1v) is 5.93. The SMILES string of the molecule is CC(C)(CNC(=O)C1CC1C1CC1)C(=O)O. The Morgan fingerprint density at radius 1 is 1.38 bits per heavy atom. The third-order valence-corrected chi connectivity index (χ3v) is 3.69. The number of hydrogen-bond donors (Lipinski definition) is 2. The Labute approximate surface area is 95.4 Å². The molecule has 2 atom stereocenters. The first-order valence-electron chi connectivity index (χ1n) is 5.93. The van der Waals surface area contributed by atoms with E-state index < -0.39 is 11.4 Å². The van der Waals surface area contributed by atoms with Gasteiger partial charge in [0, 0.05) is 12.5 Å². The zero-order valence-electron chi connectivity index (χ0n) is 9.82. The van der Waals surface area contributed by atoms with Crippen LogP contribution in [0.1, 0.15) is 33.1 Å². The third-order valence-electron chi connectivity index (χ3n) is 3.69. The summed E-state index contributed by atoms with van der Waals surface area (Å²) >= 11 is 0. The van der Waals surface area contributed by atoms with Gasteiger partial charge < -0.3 is 10.4 Å². The quantitative estimate of drug-likeness (QED) is 0.740. The van der Waals surface area contributed by atoms with Gasteiger partial charge in [0.1, 0.15) is 0 Å². The zero-order chi connectivity index (χ0) is 11.9. The van der Waals surface area contributed by atoms with Crippen LogP contribution in [0.2, 0.25) is 0 Å². The molecule has 16 heavy (non-hydrogen) atoms. The zero-order valence-corrected chi connectivity index (χ0v) is 9.82. The highest BCUT2D eigenvalue weighted by Crippen LogP contribution is 2.54. The summed E-state index contributed by atoms with van der Waals surface area (Å²) in [6.07, 6.45) is 3.55. The number of amides is 1. The van der Waals surface area contributed by atoms with Crippen LogP contribution in [0.5, 0.6) is 0 Å². The lowest BCUT2D eigenvalue weighted by Crippen LogP contribution is -2.39. The summed E-state index contributed by atoms with van der Waals surface area (Å²) in [5, 5.41) is 11.7. The van der Waals surface area contributed by atoms with E-state index in [4.69, 9.17) is 5.11 Å². The van der Waals surface area contributed by atoms with E-state index in [9.17, 15) is 9.59 Å². The van der Waals surface area contributed by atoms with Crippen molar-refractivity contribution in [1.29, 1.82) is 0 Å². The second kappa shape index (κ2) is 3.75. The van der Waals surface area contributed by atoms with Crippen molar-refractivity contribution in [3.8, 4) is 0 Å². The monoisotopic (exact) mass is 225 g/mol. The molecule has 0 saturated heterocycles. The highest BCUT2D eigenvalue weighted by Gasteiger charge is 2.51. The van der Waals surface area contributed by atoms with Gasteiger partial charge in [0.05, 0.1) is 5.41 Å². The van der Waals surface area contributed by atoms with Gasteiger partial charge in [-0.3, -0.25) is 9.59 Å². The molecule has 0 aromatic heterocycles. The van der Waals surface area contributed by atoms with Crippen LogP contribution in [-0.4, -0.2) is 23.5 Å². The Balaban J connectivity index is 1.74. The number of carbonyl (C=O) groups is 2. The summed E-state index contributed by atoms with van der Waals surface area (Å²) in [5.74, 6) is 0.710. The number of carboxylic acid groups (broad SMARTS) is 1. The van der Waals surface area contributed by atoms with Crippen molar-refractivity contribution in [3.05, 3.63) is 0 Å². The van der Waals surface area contributed by atoms with Gasteiger partial charge in [-0.05, 0) is 44.9 Å². The number of aliphatic carboxylic acids is 1. The van der Waals surface area contributed by atoms with E-state index in [0.717, 1.165) is 12.3 Å². The van der Waals surface area contributed by atoms with Gasteiger partial charge in [-0.15, -0.1) is 0 Å². The van der Waals surface area contributed by atoms with Crippen LogP contribution in [0.3, 0.4) is 0 Å². The minimum atomic E-state index is -0.875. The average Bonchev–Trinajstić information content (AvgIpc) is 3.00. The smallest absolute Gasteiger partial charge is 0.310 e. The van der Waals surface area contributed by atoms with Crippen LogP contribution in [0.15, 0.2) is 0 Å². The van der Waals surface area contributed by atoms with E-state index >= 15 is 0 Å². The van der Waals surface area contributed by atoms with E-state index in [2.05, 4.69) is 5.32 Å². The topological polar surface area (TPSA) is 66.4 Å². The maximum absolute atomic E-state index is 11.7. The fourth-order valence-corrected chi connectivity index (χ4v) is 2.08. The molecule has 2 aliphatic carbocycles. The number of hydrogen-bond acceptors (Lipinski definition) is 2. The molecule has 0 heterocycles. The molecule has 0 aromatic rings. The second-order valence-corrected chi connectivity index (χ2v) is 5.75. The lowest BCUT2D eigenvalue weighted by atomic mass is 9.94. The predicted octanol–water partition coefficient (Wildman–Crippen LogP) is 1.26. The van der Waals surface area contributed by atoms with E-state index in [0.29, 0.717) is 5.92 Å². The molecular weight excluding hydrogens is 206 g/mol. The van der Waals surface area contributed by atoms with Crippen molar-refractivity contribution in [2.24, 2.45) is 23.2 Å². The highest BCUT2D eigenvalue weighted by atomic mass is 16.4. The molecule has 0 aliphatic heterocycles. The minimum Gasteiger partial charge on any atom is -0.481 e. The van der Waals surface area contributed by atoms with Crippen molar-refractivity contribution >= 4 is 11.9 Å². The summed E-state index contributed by atoms with van der Waals surface area (Å²) in [4.78, 5) is 22.6. The molecule has 0 spiro atoms. The lowest BCUT2D eigenvalue weighted by Gasteiger charge is -2.19. The molecule has 2 fully saturated rings. The number of carboxylic acids is 1. The molecule has 2 rings (SSSR count). The normalized spacial score (nSPS) is 28.6. The van der Waals surface area contributed by atoms with Crippen LogP contribution < -0.4 is 5.32 Å². The maximum atomic E-state index is 11.7.